The Morgan fingerprint density at radius 3 is 2.20 bits per heavy atom. The lowest BCUT2D eigenvalue weighted by atomic mass is 9.84. The van der Waals surface area contributed by atoms with Crippen LogP contribution >= 0.6 is 0 Å². The molecule has 90 valence electrons. The van der Waals surface area contributed by atoms with Crippen molar-refractivity contribution in [2.75, 3.05) is 0 Å². The molecule has 0 aliphatic carbocycles. The summed E-state index contributed by atoms with van der Waals surface area (Å²) in [5.74, 6) is 0.735. The maximum absolute atomic E-state index is 6.20. The molecule has 0 saturated carbocycles. The summed E-state index contributed by atoms with van der Waals surface area (Å²) < 4.78 is 6.20. The Morgan fingerprint density at radius 2 is 1.80 bits per heavy atom. The molecular weight excluding hydrogens is 186 g/mol. The van der Waals surface area contributed by atoms with Crippen molar-refractivity contribution in [3.63, 3.8) is 0 Å². The van der Waals surface area contributed by atoms with Crippen molar-refractivity contribution in [1.82, 2.24) is 5.32 Å². The Hall–Kier alpha value is -0.0800. The maximum atomic E-state index is 6.20. The zero-order valence-corrected chi connectivity index (χ0v) is 11.0. The van der Waals surface area contributed by atoms with Crippen LogP contribution in [-0.4, -0.2) is 17.9 Å². The molecule has 1 rings (SSSR count). The molecule has 1 aliphatic heterocycles. The molecular formula is C13H27NO. The van der Waals surface area contributed by atoms with Gasteiger partial charge >= 0.3 is 0 Å². The molecule has 1 N–H and O–H groups in total. The fourth-order valence-corrected chi connectivity index (χ4v) is 2.64. The van der Waals surface area contributed by atoms with E-state index < -0.39 is 0 Å². The molecule has 0 aromatic heterocycles. The normalized spacial score (nSPS) is 30.0. The smallest absolute Gasteiger partial charge is 0.109 e. The van der Waals surface area contributed by atoms with E-state index in [0.717, 1.165) is 25.2 Å². The number of rotatable bonds is 5. The van der Waals surface area contributed by atoms with E-state index in [1.165, 1.54) is 6.42 Å². The van der Waals surface area contributed by atoms with Crippen molar-refractivity contribution >= 4 is 0 Å². The molecule has 0 aromatic rings. The Labute approximate surface area is 94.8 Å². The van der Waals surface area contributed by atoms with Crippen LogP contribution in [-0.2, 0) is 4.74 Å². The van der Waals surface area contributed by atoms with Gasteiger partial charge in [0, 0.05) is 6.04 Å². The quantitative estimate of drug-likeness (QED) is 0.756. The molecule has 0 bridgehead atoms. The minimum atomic E-state index is 0.0882. The van der Waals surface area contributed by atoms with Gasteiger partial charge in [0.1, 0.15) is 6.23 Å². The van der Waals surface area contributed by atoms with E-state index in [2.05, 4.69) is 39.9 Å². The first-order valence-electron chi connectivity index (χ1n) is 6.51. The third kappa shape index (κ3) is 2.73. The summed E-state index contributed by atoms with van der Waals surface area (Å²) >= 11 is 0. The van der Waals surface area contributed by atoms with Gasteiger partial charge in [0.15, 0.2) is 0 Å². The van der Waals surface area contributed by atoms with Crippen LogP contribution in [0.15, 0.2) is 0 Å². The minimum Gasteiger partial charge on any atom is -0.355 e. The highest BCUT2D eigenvalue weighted by Crippen LogP contribution is 2.35. The van der Waals surface area contributed by atoms with Crippen molar-refractivity contribution in [2.24, 2.45) is 5.92 Å². The summed E-state index contributed by atoms with van der Waals surface area (Å²) in [6.07, 6.45) is 4.79. The summed E-state index contributed by atoms with van der Waals surface area (Å²) in [4.78, 5) is 0. The van der Waals surface area contributed by atoms with E-state index in [9.17, 15) is 0 Å². The van der Waals surface area contributed by atoms with Gasteiger partial charge in [0.05, 0.1) is 5.60 Å². The van der Waals surface area contributed by atoms with Crippen molar-refractivity contribution < 1.29 is 4.74 Å². The van der Waals surface area contributed by atoms with Crippen LogP contribution in [0, 0.1) is 5.92 Å². The SMILES string of the molecule is CC[C@H]1N[C@@H](CC(C)C)C(CC)(CC)O1. The number of ether oxygens (including phenoxy) is 1. The van der Waals surface area contributed by atoms with Gasteiger partial charge < -0.3 is 4.74 Å². The van der Waals surface area contributed by atoms with Crippen molar-refractivity contribution in [3.8, 4) is 0 Å². The second-order valence-corrected chi connectivity index (χ2v) is 5.14. The molecule has 0 amide bonds. The van der Waals surface area contributed by atoms with Crippen molar-refractivity contribution in [3.05, 3.63) is 0 Å². The van der Waals surface area contributed by atoms with Crippen molar-refractivity contribution in [1.29, 1.82) is 0 Å². The Morgan fingerprint density at radius 1 is 1.20 bits per heavy atom. The van der Waals surface area contributed by atoms with Crippen LogP contribution in [0.25, 0.3) is 0 Å². The van der Waals surface area contributed by atoms with Gasteiger partial charge in [0.25, 0.3) is 0 Å². The molecule has 1 fully saturated rings. The zero-order valence-electron chi connectivity index (χ0n) is 11.0. The highest BCUT2D eigenvalue weighted by atomic mass is 16.5. The molecule has 1 saturated heterocycles. The number of hydrogen-bond acceptors (Lipinski definition) is 2. The molecule has 15 heavy (non-hydrogen) atoms. The topological polar surface area (TPSA) is 21.3 Å². The van der Waals surface area contributed by atoms with E-state index >= 15 is 0 Å². The first-order chi connectivity index (χ1) is 7.07. The molecule has 1 aliphatic rings. The molecule has 2 heteroatoms. The average molecular weight is 213 g/mol. The number of hydrogen-bond donors (Lipinski definition) is 1. The largest absolute Gasteiger partial charge is 0.355 e. The Balaban J connectivity index is 2.72. The van der Waals surface area contributed by atoms with Gasteiger partial charge in [-0.1, -0.05) is 34.6 Å². The van der Waals surface area contributed by atoms with E-state index in [1.807, 2.05) is 0 Å². The molecule has 2 nitrogen and oxygen atoms in total. The molecule has 0 radical (unpaired) electrons. The number of nitrogens with one attached hydrogen (secondary N) is 1. The van der Waals surface area contributed by atoms with Gasteiger partial charge in [-0.15, -0.1) is 0 Å². The van der Waals surface area contributed by atoms with Crippen LogP contribution in [0.4, 0.5) is 0 Å². The maximum Gasteiger partial charge on any atom is 0.109 e. The van der Waals surface area contributed by atoms with Gasteiger partial charge in [-0.05, 0) is 31.6 Å². The second kappa shape index (κ2) is 5.31. The van der Waals surface area contributed by atoms with Gasteiger partial charge in [-0.25, -0.2) is 0 Å². The second-order valence-electron chi connectivity index (χ2n) is 5.14. The van der Waals surface area contributed by atoms with Crippen LogP contribution in [0.2, 0.25) is 0 Å². The predicted molar refractivity (Wildman–Crippen MR) is 64.9 cm³/mol. The summed E-state index contributed by atoms with van der Waals surface area (Å²) in [7, 11) is 0. The summed E-state index contributed by atoms with van der Waals surface area (Å²) in [6.45, 7) is 11.3. The highest BCUT2D eigenvalue weighted by Gasteiger charge is 2.44. The average Bonchev–Trinajstić information content (AvgIpc) is 2.56. The van der Waals surface area contributed by atoms with Crippen LogP contribution in [0.1, 0.15) is 60.3 Å². The minimum absolute atomic E-state index is 0.0882. The summed E-state index contributed by atoms with van der Waals surface area (Å²) in [6, 6.07) is 0.539. The third-order valence-electron chi connectivity index (χ3n) is 3.67. The highest BCUT2D eigenvalue weighted by molar-refractivity contribution is 4.97. The molecule has 0 unspecified atom stereocenters. The zero-order chi connectivity index (χ0) is 11.5. The summed E-state index contributed by atoms with van der Waals surface area (Å²) in [5.41, 5.74) is 0.0882. The van der Waals surface area contributed by atoms with Gasteiger partial charge in [-0.2, -0.15) is 0 Å². The van der Waals surface area contributed by atoms with E-state index in [1.54, 1.807) is 0 Å². The molecule has 0 aromatic carbocycles. The Bertz CT molecular complexity index is 187. The van der Waals surface area contributed by atoms with Crippen molar-refractivity contribution in [2.45, 2.75) is 78.2 Å². The lowest BCUT2D eigenvalue weighted by Crippen LogP contribution is -2.43. The van der Waals surface area contributed by atoms with Gasteiger partial charge in [0.2, 0.25) is 0 Å². The van der Waals surface area contributed by atoms with Crippen LogP contribution in [0.5, 0.6) is 0 Å². The van der Waals surface area contributed by atoms with E-state index in [4.69, 9.17) is 4.74 Å². The molecule has 2 atom stereocenters. The molecule has 0 spiro atoms. The Kier molecular flexibility index (Phi) is 4.60. The van der Waals surface area contributed by atoms with Gasteiger partial charge in [-0.3, -0.25) is 5.32 Å². The lowest BCUT2D eigenvalue weighted by Gasteiger charge is -2.32. The fourth-order valence-electron chi connectivity index (χ4n) is 2.64. The van der Waals surface area contributed by atoms with Crippen LogP contribution < -0.4 is 5.32 Å². The predicted octanol–water partition coefficient (Wildman–Crippen LogP) is 3.32. The first-order valence-corrected chi connectivity index (χ1v) is 6.51. The monoisotopic (exact) mass is 213 g/mol. The molecule has 1 heterocycles. The van der Waals surface area contributed by atoms with Crippen LogP contribution in [0.3, 0.4) is 0 Å². The van der Waals surface area contributed by atoms with E-state index in [0.29, 0.717) is 6.04 Å². The first kappa shape index (κ1) is 13.0. The summed E-state index contributed by atoms with van der Waals surface area (Å²) in [5, 5.41) is 3.64. The standard InChI is InChI=1S/C13H27NO/c1-6-12-14-11(9-10(4)5)13(7-2,8-3)15-12/h10-12,14H,6-9H2,1-5H3/t11-,12-/m0/s1. The lowest BCUT2D eigenvalue weighted by molar-refractivity contribution is -0.0561. The third-order valence-corrected chi connectivity index (χ3v) is 3.67. The van der Waals surface area contributed by atoms with E-state index in [-0.39, 0.29) is 11.8 Å². The fraction of sp³-hybridized carbons (Fsp3) is 1.00.